The molecule has 13 heteroatoms. The van der Waals surface area contributed by atoms with Crippen LogP contribution < -0.4 is 4.72 Å². The van der Waals surface area contributed by atoms with Gasteiger partial charge in [0.15, 0.2) is 0 Å². The van der Waals surface area contributed by atoms with Crippen LogP contribution in [0.5, 0.6) is 0 Å². The molecule has 0 saturated carbocycles. The second kappa shape index (κ2) is 11.1. The molecule has 0 aliphatic carbocycles. The van der Waals surface area contributed by atoms with Gasteiger partial charge in [0.05, 0.1) is 35.9 Å². The molecule has 230 valence electrons. The minimum absolute atomic E-state index is 0.0276. The van der Waals surface area contributed by atoms with Crippen molar-refractivity contribution in [2.24, 2.45) is 0 Å². The first-order valence-electron chi connectivity index (χ1n) is 14.2. The molecule has 45 heavy (non-hydrogen) atoms. The van der Waals surface area contributed by atoms with Crippen molar-refractivity contribution in [2.75, 3.05) is 19.3 Å². The normalized spacial score (nSPS) is 15.4. The summed E-state index contributed by atoms with van der Waals surface area (Å²) in [5.74, 6) is -3.13. The molecule has 0 atom stereocenters. The van der Waals surface area contributed by atoms with Gasteiger partial charge in [0.25, 0.3) is 5.92 Å². The van der Waals surface area contributed by atoms with E-state index in [2.05, 4.69) is 29.9 Å². The van der Waals surface area contributed by atoms with E-state index in [9.17, 15) is 21.6 Å². The predicted octanol–water partition coefficient (Wildman–Crippen LogP) is 5.86. The molecule has 6 aromatic rings. The van der Waals surface area contributed by atoms with Crippen LogP contribution in [0.4, 0.5) is 13.2 Å². The number of hydrogen-bond acceptors (Lipinski definition) is 6. The summed E-state index contributed by atoms with van der Waals surface area (Å²) >= 11 is 0. The summed E-state index contributed by atoms with van der Waals surface area (Å²) < 4.78 is 67.6. The second-order valence-corrected chi connectivity index (χ2v) is 13.3. The average molecular weight is 632 g/mol. The van der Waals surface area contributed by atoms with E-state index in [4.69, 9.17) is 0 Å². The van der Waals surface area contributed by atoms with Crippen LogP contribution in [-0.4, -0.2) is 63.7 Å². The number of aromatic amines is 2. The first-order valence-corrected chi connectivity index (χ1v) is 16.1. The van der Waals surface area contributed by atoms with Crippen LogP contribution in [0, 0.1) is 5.82 Å². The summed E-state index contributed by atoms with van der Waals surface area (Å²) in [6.07, 6.45) is 6.00. The van der Waals surface area contributed by atoms with Gasteiger partial charge in [-0.15, -0.1) is 0 Å². The Hall–Kier alpha value is -4.59. The lowest BCUT2D eigenvalue weighted by atomic mass is 9.99. The number of sulfonamides is 1. The highest BCUT2D eigenvalue weighted by Crippen LogP contribution is 2.36. The SMILES string of the molecule is CS(=O)(=O)NCc1cc(F)cc(-c2cccc3[nH]c(-c4n[nH]c5cnc(-c6cncc(CN7CCC(F)(F)C7)c6)cc45)cc23)c1. The molecule has 1 fully saturated rings. The highest BCUT2D eigenvalue weighted by Gasteiger charge is 2.37. The molecular formula is C32H28F3N7O2S. The minimum atomic E-state index is -3.44. The van der Waals surface area contributed by atoms with E-state index in [-0.39, 0.29) is 19.5 Å². The van der Waals surface area contributed by atoms with Gasteiger partial charge >= 0.3 is 0 Å². The van der Waals surface area contributed by atoms with Crippen LogP contribution in [0.1, 0.15) is 17.5 Å². The van der Waals surface area contributed by atoms with Gasteiger partial charge in [-0.05, 0) is 64.7 Å². The highest BCUT2D eigenvalue weighted by atomic mass is 32.2. The van der Waals surface area contributed by atoms with Gasteiger partial charge < -0.3 is 4.98 Å². The van der Waals surface area contributed by atoms with E-state index in [1.807, 2.05) is 36.4 Å². The maximum absolute atomic E-state index is 14.6. The van der Waals surface area contributed by atoms with E-state index in [1.54, 1.807) is 29.6 Å². The molecule has 0 unspecified atom stereocenters. The summed E-state index contributed by atoms with van der Waals surface area (Å²) in [4.78, 5) is 14.1. The van der Waals surface area contributed by atoms with Gasteiger partial charge in [-0.2, -0.15) is 5.10 Å². The van der Waals surface area contributed by atoms with Gasteiger partial charge in [-0.3, -0.25) is 20.0 Å². The Bertz CT molecular complexity index is 2180. The first kappa shape index (κ1) is 29.1. The lowest BCUT2D eigenvalue weighted by Gasteiger charge is -2.15. The molecule has 3 N–H and O–H groups in total. The number of alkyl halides is 2. The number of likely N-dealkylation sites (tertiary alicyclic amines) is 1. The zero-order valence-corrected chi connectivity index (χ0v) is 24.9. The number of benzene rings is 2. The fourth-order valence-corrected chi connectivity index (χ4v) is 6.28. The molecule has 1 aliphatic rings. The van der Waals surface area contributed by atoms with Gasteiger partial charge in [0.2, 0.25) is 10.0 Å². The molecule has 2 aromatic carbocycles. The van der Waals surface area contributed by atoms with Crippen LogP contribution in [-0.2, 0) is 23.1 Å². The monoisotopic (exact) mass is 631 g/mol. The molecule has 1 saturated heterocycles. The summed E-state index contributed by atoms with van der Waals surface area (Å²) in [6, 6.07) is 16.0. The molecule has 9 nitrogen and oxygen atoms in total. The smallest absolute Gasteiger partial charge is 0.261 e. The van der Waals surface area contributed by atoms with E-state index in [0.29, 0.717) is 35.6 Å². The number of aromatic nitrogens is 5. The fourth-order valence-electron chi connectivity index (χ4n) is 5.85. The number of rotatable bonds is 8. The van der Waals surface area contributed by atoms with Crippen molar-refractivity contribution in [3.63, 3.8) is 0 Å². The van der Waals surface area contributed by atoms with Crippen molar-refractivity contribution in [1.82, 2.24) is 34.8 Å². The van der Waals surface area contributed by atoms with Crippen LogP contribution in [0.25, 0.3) is 55.6 Å². The van der Waals surface area contributed by atoms with Crippen molar-refractivity contribution in [3.05, 3.63) is 90.1 Å². The van der Waals surface area contributed by atoms with Gasteiger partial charge in [-0.25, -0.2) is 26.3 Å². The van der Waals surface area contributed by atoms with Crippen LogP contribution in [0.15, 0.2) is 73.2 Å². The molecule has 0 amide bonds. The van der Waals surface area contributed by atoms with E-state index in [1.165, 1.54) is 12.1 Å². The Kier molecular flexibility index (Phi) is 7.18. The Balaban J connectivity index is 1.22. The fraction of sp³-hybridized carbons (Fsp3) is 0.219. The van der Waals surface area contributed by atoms with E-state index < -0.39 is 21.8 Å². The number of fused-ring (bicyclic) bond motifs is 2. The molecule has 5 heterocycles. The number of nitrogens with one attached hydrogen (secondary N) is 3. The molecule has 0 bridgehead atoms. The molecule has 0 spiro atoms. The third kappa shape index (κ3) is 6.19. The summed E-state index contributed by atoms with van der Waals surface area (Å²) in [7, 11) is -3.44. The third-order valence-electron chi connectivity index (χ3n) is 7.92. The van der Waals surface area contributed by atoms with Crippen LogP contribution in [0.2, 0.25) is 0 Å². The Morgan fingerprint density at radius 3 is 2.62 bits per heavy atom. The average Bonchev–Trinajstić information content (AvgIpc) is 3.71. The third-order valence-corrected chi connectivity index (χ3v) is 8.59. The Labute approximate surface area is 256 Å². The summed E-state index contributed by atoms with van der Waals surface area (Å²) in [6.45, 7) is 0.438. The van der Waals surface area contributed by atoms with Crippen molar-refractivity contribution < 1.29 is 21.6 Å². The summed E-state index contributed by atoms with van der Waals surface area (Å²) in [5, 5.41) is 9.25. The standard InChI is InChI=1S/C32H28F3N7O2S/c1-45(43,44)38-14-19-7-21(10-23(33)9-19)24-3-2-4-27-25(24)11-29(39-27)31-26-12-28(37-16-30(26)40-41-31)22-8-20(13-36-15-22)17-42-6-5-32(34,35)18-42/h2-4,7-13,15-16,38-39H,5-6,14,17-18H2,1H3,(H,40,41). The van der Waals surface area contributed by atoms with E-state index in [0.717, 1.165) is 50.4 Å². The lowest BCUT2D eigenvalue weighted by Crippen LogP contribution is -2.24. The Morgan fingerprint density at radius 2 is 1.82 bits per heavy atom. The first-order chi connectivity index (χ1) is 21.5. The lowest BCUT2D eigenvalue weighted by molar-refractivity contribution is 0.0115. The number of nitrogens with zero attached hydrogens (tertiary/aromatic N) is 4. The van der Waals surface area contributed by atoms with Crippen LogP contribution >= 0.6 is 0 Å². The van der Waals surface area contributed by atoms with Crippen LogP contribution in [0.3, 0.4) is 0 Å². The number of halogens is 3. The van der Waals surface area contributed by atoms with Gasteiger partial charge in [0, 0.05) is 60.3 Å². The molecule has 1 aliphatic heterocycles. The number of pyridine rings is 2. The van der Waals surface area contributed by atoms with Gasteiger partial charge in [0.1, 0.15) is 11.5 Å². The largest absolute Gasteiger partial charge is 0.353 e. The molecule has 0 radical (unpaired) electrons. The van der Waals surface area contributed by atoms with Crippen molar-refractivity contribution in [3.8, 4) is 33.8 Å². The highest BCUT2D eigenvalue weighted by molar-refractivity contribution is 7.88. The number of H-pyrrole nitrogens is 2. The van der Waals surface area contributed by atoms with E-state index >= 15 is 0 Å². The Morgan fingerprint density at radius 1 is 0.978 bits per heavy atom. The minimum Gasteiger partial charge on any atom is -0.353 e. The predicted molar refractivity (Wildman–Crippen MR) is 166 cm³/mol. The molecule has 7 rings (SSSR count). The van der Waals surface area contributed by atoms with Crippen molar-refractivity contribution in [1.29, 1.82) is 0 Å². The number of hydrogen-bond donors (Lipinski definition) is 3. The zero-order valence-electron chi connectivity index (χ0n) is 24.1. The second-order valence-electron chi connectivity index (χ2n) is 11.5. The maximum Gasteiger partial charge on any atom is 0.261 e. The molecule has 4 aromatic heterocycles. The quantitative estimate of drug-likeness (QED) is 0.194. The van der Waals surface area contributed by atoms with Crippen molar-refractivity contribution >= 4 is 31.8 Å². The maximum atomic E-state index is 14.6. The zero-order chi connectivity index (χ0) is 31.3. The topological polar surface area (TPSA) is 120 Å². The summed E-state index contributed by atoms with van der Waals surface area (Å²) in [5.41, 5.74) is 7.08. The molecular weight excluding hydrogens is 603 g/mol. The van der Waals surface area contributed by atoms with Crippen molar-refractivity contribution in [2.45, 2.75) is 25.4 Å². The van der Waals surface area contributed by atoms with Gasteiger partial charge in [-0.1, -0.05) is 12.1 Å².